The van der Waals surface area contributed by atoms with Crippen molar-refractivity contribution >= 4 is 68.2 Å². The second-order valence-electron chi connectivity index (χ2n) is 17.0. The van der Waals surface area contributed by atoms with Crippen molar-refractivity contribution in [3.8, 4) is 17.6 Å². The second-order valence-corrected chi connectivity index (χ2v) is 18.0. The van der Waals surface area contributed by atoms with Crippen molar-refractivity contribution in [2.75, 3.05) is 58.0 Å². The van der Waals surface area contributed by atoms with Crippen molar-refractivity contribution in [2.24, 2.45) is 11.8 Å². The first-order valence-corrected chi connectivity index (χ1v) is 23.7. The van der Waals surface area contributed by atoms with Gasteiger partial charge in [0.05, 0.1) is 61.3 Å². The SMILES string of the molecule is COCCOC(=O)N1C(=O)[C@@]2(c3cc(C#CCC(C(=O)OC)C(=O)OC)ccc31)[C@H](c1cccc(OCCO)c1)N1[C@H](c3ccccc3)[C@H](c3ccccc3)OC(=O)[C@H]1[C@@H]2C(=O)Nc1nc2ccccc2s1. The maximum atomic E-state index is 16.5. The van der Waals surface area contributed by atoms with Crippen LogP contribution >= 0.6 is 11.3 Å². The molecule has 2 N–H and O–H groups in total. The normalized spacial score (nSPS) is 21.1. The lowest BCUT2D eigenvalue weighted by Crippen LogP contribution is -2.54. The Bertz CT molecular complexity index is 3050. The van der Waals surface area contributed by atoms with Gasteiger partial charge in [-0.25, -0.2) is 14.7 Å². The molecule has 5 aromatic carbocycles. The molecule has 18 heteroatoms. The number of imide groups is 1. The fourth-order valence-corrected chi connectivity index (χ4v) is 11.0. The standard InChI is InChI=1S/C54H48N4O13S/c1-66-28-29-70-53(65)57-40-25-24-32(14-12-21-37(48(61)67-2)49(62)68-3)30-38(40)54(51(57)64)42(47(60)56-52-55-39-22-10-11-23-41(39)72-52)44-50(63)71-45(34-17-8-5-9-18-34)43(33-15-6-4-7-16-33)58(44)46(54)35-19-13-20-36(31-35)69-27-26-59/h4-11,13,15-20,22-25,30-31,37,42-46,59H,21,26-29H2,1-3H3,(H,55,56,60)/t42-,43-,44-,45+,46+,54-/m1/s1. The average molecular weight is 993 g/mol. The Balaban J connectivity index is 1.35. The summed E-state index contributed by atoms with van der Waals surface area (Å²) < 4.78 is 33.9. The molecule has 6 aromatic rings. The number of ether oxygens (including phenoxy) is 6. The van der Waals surface area contributed by atoms with Gasteiger partial charge >= 0.3 is 24.0 Å². The zero-order valence-electron chi connectivity index (χ0n) is 39.2. The summed E-state index contributed by atoms with van der Waals surface area (Å²) in [4.78, 5) is 95.2. The number of anilines is 2. The Morgan fingerprint density at radius 3 is 2.19 bits per heavy atom. The number of para-hydroxylation sites is 1. The van der Waals surface area contributed by atoms with Crippen molar-refractivity contribution in [2.45, 2.75) is 36.1 Å². The van der Waals surface area contributed by atoms with Gasteiger partial charge in [-0.3, -0.25) is 28.9 Å². The fraction of sp³-hybridized carbons (Fsp3) is 0.278. The molecule has 6 atom stereocenters. The summed E-state index contributed by atoms with van der Waals surface area (Å²) in [5.74, 6) is -1.11. The van der Waals surface area contributed by atoms with E-state index in [2.05, 4.69) is 17.2 Å². The Morgan fingerprint density at radius 1 is 0.806 bits per heavy atom. The smallest absolute Gasteiger partial charge is 0.421 e. The number of amides is 3. The molecule has 4 heterocycles. The quantitative estimate of drug-likeness (QED) is 0.0395. The number of carbonyl (C=O) groups is 6. The maximum absolute atomic E-state index is 16.5. The monoisotopic (exact) mass is 992 g/mol. The van der Waals surface area contributed by atoms with E-state index in [0.29, 0.717) is 28.0 Å². The molecule has 17 nitrogen and oxygen atoms in total. The summed E-state index contributed by atoms with van der Waals surface area (Å²) in [7, 11) is 3.70. The first kappa shape index (κ1) is 49.0. The van der Waals surface area contributed by atoms with Gasteiger partial charge in [0, 0.05) is 19.1 Å². The highest BCUT2D eigenvalue weighted by atomic mass is 32.1. The summed E-state index contributed by atoms with van der Waals surface area (Å²) in [5, 5.41) is 13.0. The van der Waals surface area contributed by atoms with Crippen molar-refractivity contribution in [3.05, 3.63) is 155 Å². The van der Waals surface area contributed by atoms with E-state index in [1.165, 1.54) is 24.5 Å². The van der Waals surface area contributed by atoms with E-state index < -0.39 is 77.3 Å². The number of esters is 3. The van der Waals surface area contributed by atoms with Gasteiger partial charge in [0.25, 0.3) is 0 Å². The summed E-state index contributed by atoms with van der Waals surface area (Å²) in [6.45, 7) is -0.629. The van der Waals surface area contributed by atoms with Gasteiger partial charge in [0.15, 0.2) is 11.0 Å². The van der Waals surface area contributed by atoms with Crippen LogP contribution in [-0.2, 0) is 53.1 Å². The van der Waals surface area contributed by atoms with Crippen LogP contribution in [0.25, 0.3) is 10.2 Å². The zero-order valence-corrected chi connectivity index (χ0v) is 40.0. The molecule has 0 bridgehead atoms. The molecule has 3 amide bonds. The maximum Gasteiger partial charge on any atom is 0.421 e. The van der Waals surface area contributed by atoms with Crippen LogP contribution in [-0.4, -0.2) is 105 Å². The minimum Gasteiger partial charge on any atom is -0.491 e. The van der Waals surface area contributed by atoms with Crippen molar-refractivity contribution < 1.29 is 62.3 Å². The van der Waals surface area contributed by atoms with Gasteiger partial charge in [-0.2, -0.15) is 0 Å². The number of nitrogens with one attached hydrogen (secondary N) is 1. The third kappa shape index (κ3) is 8.92. The molecule has 1 aromatic heterocycles. The van der Waals surface area contributed by atoms with Crippen molar-refractivity contribution in [1.82, 2.24) is 9.88 Å². The number of aliphatic hydroxyl groups excluding tert-OH is 1. The zero-order chi connectivity index (χ0) is 50.5. The summed E-state index contributed by atoms with van der Waals surface area (Å²) >= 11 is 1.20. The minimum absolute atomic E-state index is 0.00375. The number of fused-ring (bicyclic) bond motifs is 4. The largest absolute Gasteiger partial charge is 0.491 e. The number of hydrogen-bond donors (Lipinski definition) is 2. The lowest BCUT2D eigenvalue weighted by molar-refractivity contribution is -0.178. The molecule has 0 unspecified atom stereocenters. The molecule has 3 aliphatic heterocycles. The van der Waals surface area contributed by atoms with E-state index in [1.807, 2.05) is 83.8 Å². The number of rotatable bonds is 14. The first-order chi connectivity index (χ1) is 35.0. The van der Waals surface area contributed by atoms with E-state index in [4.69, 9.17) is 33.4 Å². The molecule has 368 valence electrons. The molecule has 2 fully saturated rings. The molecule has 2 saturated heterocycles. The predicted molar refractivity (Wildman–Crippen MR) is 261 cm³/mol. The number of nitrogens with zero attached hydrogens (tertiary/aromatic N) is 3. The molecule has 9 rings (SSSR count). The Hall–Kier alpha value is -7.95. The topological polar surface area (TPSA) is 209 Å². The number of cyclic esters (lactones) is 1. The summed E-state index contributed by atoms with van der Waals surface area (Å²) in [6.07, 6.45) is -2.39. The highest BCUT2D eigenvalue weighted by molar-refractivity contribution is 7.22. The highest BCUT2D eigenvalue weighted by Crippen LogP contribution is 2.66. The van der Waals surface area contributed by atoms with Crippen LogP contribution in [0.5, 0.6) is 5.75 Å². The van der Waals surface area contributed by atoms with E-state index >= 15 is 14.4 Å². The van der Waals surface area contributed by atoms with Crippen LogP contribution in [0.3, 0.4) is 0 Å². The van der Waals surface area contributed by atoms with Crippen molar-refractivity contribution in [3.63, 3.8) is 0 Å². The van der Waals surface area contributed by atoms with Crippen LogP contribution in [0, 0.1) is 23.7 Å². The number of aromatic nitrogens is 1. The number of hydrogen-bond acceptors (Lipinski definition) is 16. The Morgan fingerprint density at radius 2 is 1.50 bits per heavy atom. The van der Waals surface area contributed by atoms with Gasteiger partial charge < -0.3 is 38.8 Å². The molecule has 72 heavy (non-hydrogen) atoms. The lowest BCUT2D eigenvalue weighted by Gasteiger charge is -2.46. The predicted octanol–water partition coefficient (Wildman–Crippen LogP) is 6.46. The fourth-order valence-electron chi connectivity index (χ4n) is 10.1. The average Bonchev–Trinajstić information content (AvgIpc) is 4.05. The van der Waals surface area contributed by atoms with Crippen LogP contribution in [0.4, 0.5) is 15.6 Å². The molecule has 1 spiro atoms. The van der Waals surface area contributed by atoms with Gasteiger partial charge in [-0.1, -0.05) is 108 Å². The van der Waals surface area contributed by atoms with Gasteiger partial charge in [-0.05, 0) is 64.7 Å². The van der Waals surface area contributed by atoms with Crippen LogP contribution in [0.1, 0.15) is 52.4 Å². The Kier molecular flexibility index (Phi) is 14.4. The van der Waals surface area contributed by atoms with Crippen LogP contribution < -0.4 is 15.0 Å². The number of thiazole rings is 1. The van der Waals surface area contributed by atoms with Gasteiger partial charge in [-0.15, -0.1) is 0 Å². The molecular formula is C54H48N4O13S. The third-order valence-electron chi connectivity index (χ3n) is 13.0. The summed E-state index contributed by atoms with van der Waals surface area (Å²) in [6, 6.07) is 33.4. The molecule has 0 aliphatic carbocycles. The third-order valence-corrected chi connectivity index (χ3v) is 14.0. The number of morpholine rings is 1. The minimum atomic E-state index is -2.22. The number of carbonyl (C=O) groups excluding carboxylic acids is 6. The second kappa shape index (κ2) is 21.2. The number of benzene rings is 5. The van der Waals surface area contributed by atoms with E-state index in [-0.39, 0.29) is 54.8 Å². The van der Waals surface area contributed by atoms with Gasteiger partial charge in [0.2, 0.25) is 11.8 Å². The van der Waals surface area contributed by atoms with E-state index in [1.54, 1.807) is 42.5 Å². The molecule has 0 saturated carbocycles. The molecular weight excluding hydrogens is 945 g/mol. The van der Waals surface area contributed by atoms with E-state index in [9.17, 15) is 19.5 Å². The summed E-state index contributed by atoms with van der Waals surface area (Å²) in [5.41, 5.74) is 0.505. The first-order valence-electron chi connectivity index (χ1n) is 22.9. The van der Waals surface area contributed by atoms with Crippen LogP contribution in [0.15, 0.2) is 127 Å². The number of methoxy groups -OCH3 is 3. The number of aliphatic hydroxyl groups is 1. The molecule has 0 radical (unpaired) electrons. The molecule has 3 aliphatic rings. The van der Waals surface area contributed by atoms with Crippen molar-refractivity contribution in [1.29, 1.82) is 0 Å². The Labute approximate surface area is 417 Å². The lowest BCUT2D eigenvalue weighted by atomic mass is 9.65. The van der Waals surface area contributed by atoms with Gasteiger partial charge in [0.1, 0.15) is 36.5 Å². The van der Waals surface area contributed by atoms with Crippen LogP contribution in [0.2, 0.25) is 0 Å². The van der Waals surface area contributed by atoms with E-state index in [0.717, 1.165) is 23.8 Å². The highest BCUT2D eigenvalue weighted by Gasteiger charge is 2.76.